The van der Waals surface area contributed by atoms with E-state index in [1.807, 2.05) is 24.3 Å². The highest BCUT2D eigenvalue weighted by atomic mass is 16.5. The van der Waals surface area contributed by atoms with E-state index >= 15 is 0 Å². The zero-order valence-electron chi connectivity index (χ0n) is 16.8. The Bertz CT molecular complexity index is 817. The van der Waals surface area contributed by atoms with Crippen molar-refractivity contribution < 1.29 is 24.1 Å². The molecule has 0 spiro atoms. The Labute approximate surface area is 160 Å². The second-order valence-electron chi connectivity index (χ2n) is 7.12. The molecule has 4 atom stereocenters. The van der Waals surface area contributed by atoms with Crippen molar-refractivity contribution in [3.63, 3.8) is 0 Å². The minimum absolute atomic E-state index is 0.0231. The number of hydrogen-bond acceptors (Lipinski definition) is 5. The summed E-state index contributed by atoms with van der Waals surface area (Å²) in [4.78, 5) is 0. The van der Waals surface area contributed by atoms with Gasteiger partial charge in [0.2, 0.25) is 0 Å². The van der Waals surface area contributed by atoms with Gasteiger partial charge >= 0.3 is 0 Å². The van der Waals surface area contributed by atoms with Gasteiger partial charge in [-0.3, -0.25) is 0 Å². The van der Waals surface area contributed by atoms with Gasteiger partial charge in [-0.1, -0.05) is 19.9 Å². The largest absolute Gasteiger partial charge is 0.504 e. The number of phenolic OH excluding ortho intramolecular Hbond substituents is 1. The number of ether oxygens (including phenoxy) is 4. The maximum absolute atomic E-state index is 10.00. The fourth-order valence-electron chi connectivity index (χ4n) is 4.28. The van der Waals surface area contributed by atoms with E-state index in [0.29, 0.717) is 29.1 Å². The molecule has 0 unspecified atom stereocenters. The van der Waals surface area contributed by atoms with Crippen LogP contribution in [0.15, 0.2) is 30.3 Å². The quantitative estimate of drug-likeness (QED) is 0.836. The van der Waals surface area contributed by atoms with E-state index in [0.717, 1.165) is 16.7 Å². The second kappa shape index (κ2) is 7.69. The minimum atomic E-state index is -0.0231. The lowest BCUT2D eigenvalue weighted by Crippen LogP contribution is -2.31. The number of aromatic hydroxyl groups is 1. The molecule has 1 aliphatic rings. The Morgan fingerprint density at radius 1 is 0.741 bits per heavy atom. The van der Waals surface area contributed by atoms with Crippen molar-refractivity contribution >= 4 is 0 Å². The van der Waals surface area contributed by atoms with Crippen molar-refractivity contribution in [1.82, 2.24) is 0 Å². The Morgan fingerprint density at radius 2 is 1.33 bits per heavy atom. The number of hydrogen-bond donors (Lipinski definition) is 1. The number of rotatable bonds is 5. The van der Waals surface area contributed by atoms with E-state index in [9.17, 15) is 5.11 Å². The standard InChI is InChI=1S/C22H28O5/c1-12-13(2)22(27-6)16-11-20(26-5)19(25-4)10-15(16)21(12)14-7-8-17(23)18(9-14)24-3/h7-13,21-23H,1-6H3/t12-,13+,21-,22-/m1/s1. The molecule has 0 aliphatic heterocycles. The summed E-state index contributed by atoms with van der Waals surface area (Å²) >= 11 is 0. The summed E-state index contributed by atoms with van der Waals surface area (Å²) in [7, 11) is 6.60. The van der Waals surface area contributed by atoms with Crippen LogP contribution in [0.1, 0.15) is 42.6 Å². The predicted octanol–water partition coefficient (Wildman–Crippen LogP) is 4.52. The third kappa shape index (κ3) is 3.21. The van der Waals surface area contributed by atoms with Gasteiger partial charge in [0, 0.05) is 13.0 Å². The molecule has 0 saturated heterocycles. The summed E-state index contributed by atoms with van der Waals surface area (Å²) < 4.78 is 22.3. The smallest absolute Gasteiger partial charge is 0.161 e. The predicted molar refractivity (Wildman–Crippen MR) is 104 cm³/mol. The van der Waals surface area contributed by atoms with Gasteiger partial charge in [0.15, 0.2) is 23.0 Å². The summed E-state index contributed by atoms with van der Waals surface area (Å²) in [6.07, 6.45) is -0.0231. The summed E-state index contributed by atoms with van der Waals surface area (Å²) in [5.74, 6) is 2.74. The maximum atomic E-state index is 10.00. The van der Waals surface area contributed by atoms with Gasteiger partial charge in [-0.2, -0.15) is 0 Å². The number of benzene rings is 2. The van der Waals surface area contributed by atoms with E-state index in [-0.39, 0.29) is 17.8 Å². The first kappa shape index (κ1) is 19.4. The van der Waals surface area contributed by atoms with Crippen LogP contribution in [0.4, 0.5) is 0 Å². The molecule has 5 nitrogen and oxygen atoms in total. The molecule has 0 radical (unpaired) electrons. The van der Waals surface area contributed by atoms with Crippen molar-refractivity contribution in [2.45, 2.75) is 25.9 Å². The summed E-state index contributed by atoms with van der Waals surface area (Å²) in [5.41, 5.74) is 3.35. The van der Waals surface area contributed by atoms with Crippen LogP contribution in [0.5, 0.6) is 23.0 Å². The lowest BCUT2D eigenvalue weighted by molar-refractivity contribution is 0.0228. The molecule has 1 N–H and O–H groups in total. The van der Waals surface area contributed by atoms with Gasteiger partial charge in [0.1, 0.15) is 0 Å². The van der Waals surface area contributed by atoms with Gasteiger partial charge in [0.05, 0.1) is 27.4 Å². The van der Waals surface area contributed by atoms with Crippen LogP contribution in [0, 0.1) is 11.8 Å². The van der Waals surface area contributed by atoms with Crippen molar-refractivity contribution in [1.29, 1.82) is 0 Å². The molecular weight excluding hydrogens is 344 g/mol. The molecule has 0 heterocycles. The molecule has 2 aromatic carbocycles. The van der Waals surface area contributed by atoms with Gasteiger partial charge in [-0.05, 0) is 52.8 Å². The highest BCUT2D eigenvalue weighted by Crippen LogP contribution is 2.52. The lowest BCUT2D eigenvalue weighted by Gasteiger charge is -2.41. The molecular formula is C22H28O5. The van der Waals surface area contributed by atoms with Gasteiger partial charge < -0.3 is 24.1 Å². The normalized spacial score (nSPS) is 24.2. The number of methoxy groups -OCH3 is 4. The Balaban J connectivity index is 2.23. The van der Waals surface area contributed by atoms with Crippen LogP contribution in [-0.2, 0) is 4.74 Å². The monoisotopic (exact) mass is 372 g/mol. The van der Waals surface area contributed by atoms with E-state index < -0.39 is 0 Å². The van der Waals surface area contributed by atoms with E-state index in [1.54, 1.807) is 34.5 Å². The minimum Gasteiger partial charge on any atom is -0.504 e. The average molecular weight is 372 g/mol. The van der Waals surface area contributed by atoms with Crippen LogP contribution in [-0.4, -0.2) is 33.5 Å². The van der Waals surface area contributed by atoms with E-state index in [4.69, 9.17) is 18.9 Å². The molecule has 27 heavy (non-hydrogen) atoms. The third-order valence-corrected chi connectivity index (χ3v) is 5.88. The Kier molecular flexibility index (Phi) is 5.51. The van der Waals surface area contributed by atoms with Crippen LogP contribution < -0.4 is 14.2 Å². The van der Waals surface area contributed by atoms with Gasteiger partial charge in [0.25, 0.3) is 0 Å². The van der Waals surface area contributed by atoms with Crippen molar-refractivity contribution in [3.05, 3.63) is 47.0 Å². The van der Waals surface area contributed by atoms with Gasteiger partial charge in [-0.15, -0.1) is 0 Å². The molecule has 0 fully saturated rings. The Hall–Kier alpha value is -2.40. The molecule has 146 valence electrons. The highest BCUT2D eigenvalue weighted by Gasteiger charge is 2.40. The van der Waals surface area contributed by atoms with Crippen molar-refractivity contribution in [2.75, 3.05) is 28.4 Å². The lowest BCUT2D eigenvalue weighted by atomic mass is 9.66. The zero-order valence-corrected chi connectivity index (χ0v) is 16.8. The summed E-state index contributed by atoms with van der Waals surface area (Å²) in [5, 5.41) is 10.00. The Morgan fingerprint density at radius 3 is 1.89 bits per heavy atom. The van der Waals surface area contributed by atoms with Crippen molar-refractivity contribution in [2.24, 2.45) is 11.8 Å². The maximum Gasteiger partial charge on any atom is 0.161 e. The zero-order chi connectivity index (χ0) is 19.7. The van der Waals surface area contributed by atoms with E-state index in [2.05, 4.69) is 13.8 Å². The highest BCUT2D eigenvalue weighted by molar-refractivity contribution is 5.54. The molecule has 0 bridgehead atoms. The molecule has 0 aromatic heterocycles. The summed E-state index contributed by atoms with van der Waals surface area (Å²) in [6, 6.07) is 9.63. The van der Waals surface area contributed by atoms with Gasteiger partial charge in [-0.25, -0.2) is 0 Å². The average Bonchev–Trinajstić information content (AvgIpc) is 2.69. The molecule has 0 saturated carbocycles. The van der Waals surface area contributed by atoms with Crippen LogP contribution in [0.2, 0.25) is 0 Å². The number of phenols is 1. The summed E-state index contributed by atoms with van der Waals surface area (Å²) in [6.45, 7) is 4.45. The first-order valence-corrected chi connectivity index (χ1v) is 9.12. The third-order valence-electron chi connectivity index (χ3n) is 5.88. The fraction of sp³-hybridized carbons (Fsp3) is 0.455. The van der Waals surface area contributed by atoms with Crippen molar-refractivity contribution in [3.8, 4) is 23.0 Å². The molecule has 2 aromatic rings. The topological polar surface area (TPSA) is 57.2 Å². The first-order chi connectivity index (χ1) is 13.0. The molecule has 3 rings (SSSR count). The van der Waals surface area contributed by atoms with Crippen LogP contribution in [0.25, 0.3) is 0 Å². The van der Waals surface area contributed by atoms with Crippen LogP contribution >= 0.6 is 0 Å². The fourth-order valence-corrected chi connectivity index (χ4v) is 4.28. The van der Waals surface area contributed by atoms with E-state index in [1.165, 1.54) is 0 Å². The molecule has 5 heteroatoms. The SMILES string of the molecule is COc1cc([C@@H]2c3cc(OC)c(OC)cc3[C@H](OC)[C@@H](C)[C@H]2C)ccc1O. The molecule has 1 aliphatic carbocycles. The second-order valence-corrected chi connectivity index (χ2v) is 7.12. The number of fused-ring (bicyclic) bond motifs is 1. The molecule has 0 amide bonds. The van der Waals surface area contributed by atoms with Crippen LogP contribution in [0.3, 0.4) is 0 Å². The first-order valence-electron chi connectivity index (χ1n) is 9.12.